The Morgan fingerprint density at radius 1 is 0.711 bits per heavy atom. The third-order valence-corrected chi connectivity index (χ3v) is 8.81. The lowest BCUT2D eigenvalue weighted by molar-refractivity contribution is 0.477. The molecule has 0 atom stereocenters. The first kappa shape index (κ1) is 26.7. The minimum absolute atomic E-state index is 0.841. The highest BCUT2D eigenvalue weighted by Gasteiger charge is 2.28. The zero-order chi connectivity index (χ0) is 30.7. The van der Waals surface area contributed by atoms with E-state index in [9.17, 15) is 0 Å². The van der Waals surface area contributed by atoms with Crippen LogP contribution in [0.4, 0.5) is 0 Å². The van der Waals surface area contributed by atoms with Gasteiger partial charge in [-0.2, -0.15) is 0 Å². The van der Waals surface area contributed by atoms with Crippen molar-refractivity contribution in [1.82, 2.24) is 9.13 Å². The van der Waals surface area contributed by atoms with E-state index in [-0.39, 0.29) is 0 Å². The third kappa shape index (κ3) is 3.94. The van der Waals surface area contributed by atoms with Crippen molar-refractivity contribution in [3.63, 3.8) is 0 Å². The first-order chi connectivity index (χ1) is 22.1. The van der Waals surface area contributed by atoms with Crippen LogP contribution in [-0.4, -0.2) is 9.13 Å². The van der Waals surface area contributed by atoms with Crippen LogP contribution >= 0.6 is 0 Å². The molecule has 7 aromatic rings. The largest absolute Gasteiger partial charge is 0.453 e. The summed E-state index contributed by atoms with van der Waals surface area (Å²) in [4.78, 5) is 0. The van der Waals surface area contributed by atoms with Crippen molar-refractivity contribution in [3.8, 4) is 22.9 Å². The van der Waals surface area contributed by atoms with E-state index in [1.807, 2.05) is 43.4 Å². The normalized spacial score (nSPS) is 13.6. The maximum Gasteiger partial charge on any atom is 0.154 e. The molecule has 8 rings (SSSR count). The Hall–Kier alpha value is -5.94. The van der Waals surface area contributed by atoms with Gasteiger partial charge in [-0.25, -0.2) is 0 Å². The first-order valence-electron chi connectivity index (χ1n) is 15.2. The number of hydrogen-bond donors (Lipinski definition) is 2. The number of fused-ring (bicyclic) bond motifs is 9. The highest BCUT2D eigenvalue weighted by Crippen LogP contribution is 2.50. The van der Waals surface area contributed by atoms with E-state index in [1.54, 1.807) is 12.4 Å². The van der Waals surface area contributed by atoms with Gasteiger partial charge in [-0.3, -0.25) is 0 Å². The summed E-state index contributed by atoms with van der Waals surface area (Å²) in [5.41, 5.74) is 22.6. The molecule has 0 spiro atoms. The fraction of sp³-hybridized carbons (Fsp3) is 0.0500. The van der Waals surface area contributed by atoms with Gasteiger partial charge in [-0.1, -0.05) is 66.8 Å². The van der Waals surface area contributed by atoms with Gasteiger partial charge in [0.1, 0.15) is 0 Å². The molecule has 5 aromatic carbocycles. The van der Waals surface area contributed by atoms with Crippen molar-refractivity contribution in [1.29, 1.82) is 0 Å². The molecule has 1 aliphatic heterocycles. The van der Waals surface area contributed by atoms with Crippen LogP contribution in [0.3, 0.4) is 0 Å². The Kier molecular flexibility index (Phi) is 6.14. The third-order valence-electron chi connectivity index (χ3n) is 8.81. The van der Waals surface area contributed by atoms with E-state index in [2.05, 4.69) is 101 Å². The maximum atomic E-state index is 6.69. The lowest BCUT2D eigenvalue weighted by Crippen LogP contribution is -2.04. The Labute approximate surface area is 261 Å². The van der Waals surface area contributed by atoms with E-state index >= 15 is 0 Å². The molecule has 0 bridgehead atoms. The van der Waals surface area contributed by atoms with E-state index in [4.69, 9.17) is 16.2 Å². The van der Waals surface area contributed by atoms with Gasteiger partial charge in [0, 0.05) is 39.5 Å². The fourth-order valence-corrected chi connectivity index (χ4v) is 6.89. The van der Waals surface area contributed by atoms with Crippen LogP contribution in [0.25, 0.3) is 66.1 Å². The van der Waals surface area contributed by atoms with E-state index in [0.29, 0.717) is 0 Å². The number of nitrogens with two attached hydrogens (primary N) is 2. The number of benzene rings is 5. The summed E-state index contributed by atoms with van der Waals surface area (Å²) in [7, 11) is 0. The van der Waals surface area contributed by atoms with Crippen molar-refractivity contribution in [2.24, 2.45) is 11.5 Å². The SMILES string of the molecule is C/C=C\C(=C/N)c1cc(/C(C)=C/C=C\N)cc(-n2c3ccccc3c3c4c5ccccc5n5c4c(cc32)Oc2ccccc2-5)c1. The molecule has 0 amide bonds. The van der Waals surface area contributed by atoms with Crippen molar-refractivity contribution < 1.29 is 4.74 Å². The zero-order valence-electron chi connectivity index (χ0n) is 25.2. The molecule has 4 N–H and O–H groups in total. The van der Waals surface area contributed by atoms with Gasteiger partial charge >= 0.3 is 0 Å². The van der Waals surface area contributed by atoms with Gasteiger partial charge in [-0.15, -0.1) is 0 Å². The lowest BCUT2D eigenvalue weighted by atomic mass is 9.98. The number of aromatic nitrogens is 2. The van der Waals surface area contributed by atoms with Crippen molar-refractivity contribution >= 4 is 54.8 Å². The van der Waals surface area contributed by atoms with E-state index < -0.39 is 0 Å². The first-order valence-corrected chi connectivity index (χ1v) is 15.2. The molecule has 45 heavy (non-hydrogen) atoms. The van der Waals surface area contributed by atoms with Crippen molar-refractivity contribution in [2.45, 2.75) is 13.8 Å². The molecule has 0 aliphatic carbocycles. The molecular formula is C40H32N4O. The maximum absolute atomic E-state index is 6.69. The molecule has 5 heteroatoms. The average Bonchev–Trinajstić information content (AvgIpc) is 3.60. The highest BCUT2D eigenvalue weighted by molar-refractivity contribution is 6.30. The average molecular weight is 585 g/mol. The minimum atomic E-state index is 0.841. The lowest BCUT2D eigenvalue weighted by Gasteiger charge is -2.21. The van der Waals surface area contributed by atoms with Gasteiger partial charge in [0.2, 0.25) is 0 Å². The quantitative estimate of drug-likeness (QED) is 0.198. The summed E-state index contributed by atoms with van der Waals surface area (Å²) in [5, 5.41) is 4.79. The van der Waals surface area contributed by atoms with Crippen LogP contribution in [0.5, 0.6) is 11.5 Å². The summed E-state index contributed by atoms with van der Waals surface area (Å²) in [6.07, 6.45) is 11.2. The number of allylic oxidation sites excluding steroid dienone is 6. The molecule has 0 saturated heterocycles. The molecule has 0 fully saturated rings. The molecule has 0 unspecified atom stereocenters. The minimum Gasteiger partial charge on any atom is -0.453 e. The summed E-state index contributed by atoms with van der Waals surface area (Å²) in [6.45, 7) is 4.11. The Bertz CT molecular complexity index is 2450. The van der Waals surface area contributed by atoms with Gasteiger partial charge < -0.3 is 25.3 Å². The van der Waals surface area contributed by atoms with E-state index in [1.165, 1.54) is 21.5 Å². The van der Waals surface area contributed by atoms with Crippen LogP contribution in [0.2, 0.25) is 0 Å². The second-order valence-electron chi connectivity index (χ2n) is 11.4. The Balaban J connectivity index is 1.54. The second kappa shape index (κ2) is 10.4. The second-order valence-corrected chi connectivity index (χ2v) is 11.4. The highest BCUT2D eigenvalue weighted by atomic mass is 16.5. The molecule has 218 valence electrons. The number of para-hydroxylation sites is 4. The number of rotatable bonds is 5. The fourth-order valence-electron chi connectivity index (χ4n) is 6.89. The Morgan fingerprint density at radius 2 is 1.40 bits per heavy atom. The summed E-state index contributed by atoms with van der Waals surface area (Å²) >= 11 is 0. The van der Waals surface area contributed by atoms with Crippen LogP contribution in [-0.2, 0) is 0 Å². The summed E-state index contributed by atoms with van der Waals surface area (Å²) in [6, 6.07) is 34.4. The molecule has 0 saturated carbocycles. The molecule has 5 nitrogen and oxygen atoms in total. The standard InChI is InChI=1S/C40H32N4O/c1-3-11-26(24-42)28-20-27(25(2)12-10-19-41)21-29(22-28)43-32-15-6-4-13-30(32)38-35(43)23-37-40-39(38)31-14-5-7-16-33(31)44(40)34-17-8-9-18-36(34)45-37/h3-24H,41-42H2,1-2H3/b11-3-,19-10-,25-12+,26-24+. The van der Waals surface area contributed by atoms with Crippen LogP contribution in [0.15, 0.2) is 134 Å². The van der Waals surface area contributed by atoms with Crippen molar-refractivity contribution in [3.05, 3.63) is 145 Å². The number of hydrogen-bond acceptors (Lipinski definition) is 3. The monoisotopic (exact) mass is 584 g/mol. The molecule has 2 aromatic heterocycles. The van der Waals surface area contributed by atoms with Gasteiger partial charge in [0.15, 0.2) is 11.5 Å². The molecule has 1 aliphatic rings. The van der Waals surface area contributed by atoms with E-state index in [0.717, 1.165) is 67.2 Å². The molecule has 3 heterocycles. The molecule has 0 radical (unpaired) electrons. The van der Waals surface area contributed by atoms with Crippen molar-refractivity contribution in [2.75, 3.05) is 0 Å². The number of nitrogens with zero attached hydrogens (tertiary/aromatic N) is 2. The predicted molar refractivity (Wildman–Crippen MR) is 189 cm³/mol. The Morgan fingerprint density at radius 3 is 2.16 bits per heavy atom. The zero-order valence-corrected chi connectivity index (χ0v) is 25.2. The summed E-state index contributed by atoms with van der Waals surface area (Å²) in [5.74, 6) is 1.69. The van der Waals surface area contributed by atoms with Crippen LogP contribution in [0.1, 0.15) is 25.0 Å². The topological polar surface area (TPSA) is 71.1 Å². The van der Waals surface area contributed by atoms with Crippen LogP contribution in [0, 0.1) is 0 Å². The molecular weight excluding hydrogens is 552 g/mol. The van der Waals surface area contributed by atoms with Gasteiger partial charge in [-0.05, 0) is 90.9 Å². The smallest absolute Gasteiger partial charge is 0.154 e. The van der Waals surface area contributed by atoms with Gasteiger partial charge in [0.05, 0.1) is 27.8 Å². The predicted octanol–water partition coefficient (Wildman–Crippen LogP) is 9.74. The van der Waals surface area contributed by atoms with Gasteiger partial charge in [0.25, 0.3) is 0 Å². The number of ether oxygens (including phenoxy) is 1. The van der Waals surface area contributed by atoms with Crippen LogP contribution < -0.4 is 16.2 Å². The summed E-state index contributed by atoms with van der Waals surface area (Å²) < 4.78 is 11.4.